The molecule has 1 heterocycles. The van der Waals surface area contributed by atoms with Crippen LogP contribution in [0.15, 0.2) is 60.8 Å². The third-order valence-electron chi connectivity index (χ3n) is 4.51. The van der Waals surface area contributed by atoms with Crippen molar-refractivity contribution in [2.75, 3.05) is 26.2 Å². The topological polar surface area (TPSA) is 70.1 Å². The van der Waals surface area contributed by atoms with Gasteiger partial charge in [-0.25, -0.2) is 4.98 Å². The van der Waals surface area contributed by atoms with Crippen LogP contribution in [0.3, 0.4) is 0 Å². The molecule has 3 rings (SSSR count). The zero-order valence-electron chi connectivity index (χ0n) is 17.4. The van der Waals surface area contributed by atoms with Gasteiger partial charge in [-0.05, 0) is 48.5 Å². The third-order valence-corrected chi connectivity index (χ3v) is 4.51. The van der Waals surface area contributed by atoms with E-state index >= 15 is 0 Å². The van der Waals surface area contributed by atoms with E-state index in [0.29, 0.717) is 35.4 Å². The molecule has 0 spiro atoms. The van der Waals surface area contributed by atoms with Crippen molar-refractivity contribution in [1.82, 2.24) is 4.98 Å². The summed E-state index contributed by atoms with van der Waals surface area (Å²) in [5.41, 5.74) is 1.47. The minimum atomic E-state index is -0.120. The van der Waals surface area contributed by atoms with Crippen molar-refractivity contribution in [2.24, 2.45) is 0 Å². The average molecular weight is 408 g/mol. The minimum absolute atomic E-state index is 0.120. The molecule has 0 saturated heterocycles. The van der Waals surface area contributed by atoms with Crippen LogP contribution in [0.1, 0.15) is 12.5 Å². The van der Waals surface area contributed by atoms with Crippen molar-refractivity contribution in [3.63, 3.8) is 0 Å². The number of amides is 1. The lowest BCUT2D eigenvalue weighted by atomic mass is 10.1. The molecule has 0 radical (unpaired) electrons. The molecule has 0 atom stereocenters. The van der Waals surface area contributed by atoms with Gasteiger partial charge in [-0.2, -0.15) is 0 Å². The minimum Gasteiger partial charge on any atom is -0.497 e. The number of aromatic nitrogens is 1. The van der Waals surface area contributed by atoms with E-state index in [1.54, 1.807) is 56.7 Å². The molecule has 1 amide bonds. The first-order valence-corrected chi connectivity index (χ1v) is 9.31. The number of hydrogen-bond acceptors (Lipinski definition) is 6. The summed E-state index contributed by atoms with van der Waals surface area (Å²) in [5.74, 6) is 3.05. The zero-order valence-corrected chi connectivity index (χ0v) is 17.4. The van der Waals surface area contributed by atoms with Gasteiger partial charge < -0.3 is 23.8 Å². The Morgan fingerprint density at radius 3 is 2.10 bits per heavy atom. The van der Waals surface area contributed by atoms with E-state index in [0.717, 1.165) is 11.3 Å². The Balaban J connectivity index is 1.79. The number of ether oxygens (including phenoxy) is 4. The molecule has 0 N–H and O–H groups in total. The number of carbonyl (C=O) groups excluding carboxylic acids is 1. The maximum Gasteiger partial charge on any atom is 0.224 e. The molecule has 30 heavy (non-hydrogen) atoms. The predicted octanol–water partition coefficient (Wildman–Crippen LogP) is 4.45. The maximum absolute atomic E-state index is 12.3. The molecule has 1 aromatic heterocycles. The Morgan fingerprint density at radius 2 is 1.53 bits per heavy atom. The number of rotatable bonds is 8. The predicted molar refractivity (Wildman–Crippen MR) is 114 cm³/mol. The van der Waals surface area contributed by atoms with Gasteiger partial charge in [0.25, 0.3) is 0 Å². The SMILES string of the molecule is COc1ccc(Oc2ccc(N(Cc3cc(OC)ccc3OC)C(C)=O)cn2)cc1. The number of carbonyl (C=O) groups is 1. The summed E-state index contributed by atoms with van der Waals surface area (Å²) in [6, 6.07) is 16.2. The smallest absolute Gasteiger partial charge is 0.224 e. The van der Waals surface area contributed by atoms with Crippen LogP contribution in [-0.4, -0.2) is 32.2 Å². The monoisotopic (exact) mass is 408 g/mol. The van der Waals surface area contributed by atoms with Gasteiger partial charge in [-0.15, -0.1) is 0 Å². The number of hydrogen-bond donors (Lipinski definition) is 0. The van der Waals surface area contributed by atoms with Gasteiger partial charge >= 0.3 is 0 Å². The molecule has 0 fully saturated rings. The lowest BCUT2D eigenvalue weighted by molar-refractivity contribution is -0.116. The summed E-state index contributed by atoms with van der Waals surface area (Å²) in [6.45, 7) is 1.82. The van der Waals surface area contributed by atoms with Crippen molar-refractivity contribution in [3.8, 4) is 28.9 Å². The fraction of sp³-hybridized carbons (Fsp3) is 0.217. The molecule has 7 heteroatoms. The van der Waals surface area contributed by atoms with Gasteiger partial charge in [0.1, 0.15) is 23.0 Å². The van der Waals surface area contributed by atoms with E-state index < -0.39 is 0 Å². The van der Waals surface area contributed by atoms with Gasteiger partial charge in [0, 0.05) is 18.6 Å². The number of methoxy groups -OCH3 is 3. The number of nitrogens with zero attached hydrogens (tertiary/aromatic N) is 2. The van der Waals surface area contributed by atoms with Gasteiger partial charge in [-0.3, -0.25) is 4.79 Å². The Kier molecular flexibility index (Phi) is 6.75. The first-order chi connectivity index (χ1) is 14.5. The zero-order chi connectivity index (χ0) is 21.5. The molecule has 0 aliphatic rings. The fourth-order valence-electron chi connectivity index (χ4n) is 2.92. The summed E-state index contributed by atoms with van der Waals surface area (Å²) >= 11 is 0. The van der Waals surface area contributed by atoms with Gasteiger partial charge in [-0.1, -0.05) is 0 Å². The summed E-state index contributed by atoms with van der Waals surface area (Å²) in [6.07, 6.45) is 1.60. The summed E-state index contributed by atoms with van der Waals surface area (Å²) in [7, 11) is 4.80. The molecule has 7 nitrogen and oxygen atoms in total. The fourth-order valence-corrected chi connectivity index (χ4v) is 2.92. The molecular weight excluding hydrogens is 384 g/mol. The van der Waals surface area contributed by atoms with Gasteiger partial charge in [0.15, 0.2) is 0 Å². The van der Waals surface area contributed by atoms with Crippen molar-refractivity contribution in [2.45, 2.75) is 13.5 Å². The average Bonchev–Trinajstić information content (AvgIpc) is 2.78. The maximum atomic E-state index is 12.3. The quantitative estimate of drug-likeness (QED) is 0.548. The number of pyridine rings is 1. The number of anilines is 1. The highest BCUT2D eigenvalue weighted by Gasteiger charge is 2.16. The second-order valence-corrected chi connectivity index (χ2v) is 6.42. The van der Waals surface area contributed by atoms with Crippen LogP contribution in [0.2, 0.25) is 0 Å². The van der Waals surface area contributed by atoms with Crippen molar-refractivity contribution in [3.05, 3.63) is 66.4 Å². The van der Waals surface area contributed by atoms with Crippen LogP contribution in [0.25, 0.3) is 0 Å². The van der Waals surface area contributed by atoms with Crippen molar-refractivity contribution < 1.29 is 23.7 Å². The van der Waals surface area contributed by atoms with Crippen LogP contribution in [0.5, 0.6) is 28.9 Å². The molecule has 3 aromatic rings. The number of benzene rings is 2. The van der Waals surface area contributed by atoms with E-state index in [-0.39, 0.29) is 5.91 Å². The Hall–Kier alpha value is -3.74. The van der Waals surface area contributed by atoms with Crippen LogP contribution in [0, 0.1) is 0 Å². The Labute approximate surface area is 175 Å². The molecular formula is C23H24N2O5. The first kappa shape index (κ1) is 21.0. The lowest BCUT2D eigenvalue weighted by Crippen LogP contribution is -2.28. The molecule has 0 saturated carbocycles. The summed E-state index contributed by atoms with van der Waals surface area (Å²) in [4.78, 5) is 18.3. The molecule has 0 unspecified atom stereocenters. The highest BCUT2D eigenvalue weighted by atomic mass is 16.5. The summed E-state index contributed by atoms with van der Waals surface area (Å²) in [5, 5.41) is 0. The second-order valence-electron chi connectivity index (χ2n) is 6.42. The van der Waals surface area contributed by atoms with Crippen LogP contribution < -0.4 is 23.8 Å². The molecule has 0 aliphatic heterocycles. The van der Waals surface area contributed by atoms with E-state index in [2.05, 4.69) is 4.98 Å². The highest BCUT2D eigenvalue weighted by molar-refractivity contribution is 5.91. The van der Waals surface area contributed by atoms with E-state index in [1.165, 1.54) is 6.92 Å². The van der Waals surface area contributed by atoms with E-state index in [9.17, 15) is 4.79 Å². The van der Waals surface area contributed by atoms with E-state index in [1.807, 2.05) is 30.3 Å². The standard InChI is InChI=1S/C23H24N2O5/c1-16(26)25(15-17-13-21(28-3)10-11-22(17)29-4)18-5-12-23(24-14-18)30-20-8-6-19(27-2)7-9-20/h5-14H,15H2,1-4H3. The molecule has 156 valence electrons. The van der Waals surface area contributed by atoms with E-state index in [4.69, 9.17) is 18.9 Å². The highest BCUT2D eigenvalue weighted by Crippen LogP contribution is 2.28. The second kappa shape index (κ2) is 9.65. The largest absolute Gasteiger partial charge is 0.497 e. The normalized spacial score (nSPS) is 10.3. The Bertz CT molecular complexity index is 987. The van der Waals surface area contributed by atoms with Crippen LogP contribution >= 0.6 is 0 Å². The molecule has 0 aliphatic carbocycles. The third kappa shape index (κ3) is 5.00. The van der Waals surface area contributed by atoms with Crippen LogP contribution in [-0.2, 0) is 11.3 Å². The van der Waals surface area contributed by atoms with Crippen molar-refractivity contribution >= 4 is 11.6 Å². The molecule has 2 aromatic carbocycles. The van der Waals surface area contributed by atoms with Gasteiger partial charge in [0.05, 0.1) is 39.8 Å². The summed E-state index contributed by atoms with van der Waals surface area (Å²) < 4.78 is 21.6. The van der Waals surface area contributed by atoms with Crippen molar-refractivity contribution in [1.29, 1.82) is 0 Å². The van der Waals surface area contributed by atoms with Gasteiger partial charge in [0.2, 0.25) is 11.8 Å². The lowest BCUT2D eigenvalue weighted by Gasteiger charge is -2.22. The molecule has 0 bridgehead atoms. The Morgan fingerprint density at radius 1 is 0.867 bits per heavy atom. The van der Waals surface area contributed by atoms with Crippen LogP contribution in [0.4, 0.5) is 5.69 Å². The first-order valence-electron chi connectivity index (χ1n) is 9.31.